The number of rotatable bonds is 6. The first-order valence-electron chi connectivity index (χ1n) is 6.94. The Kier molecular flexibility index (Phi) is 4.59. The number of carbonyl (C=O) groups is 2. The van der Waals surface area contributed by atoms with Crippen LogP contribution in [0, 0.1) is 6.92 Å². The highest BCUT2D eigenvalue weighted by Gasteiger charge is 2.17. The molecule has 0 radical (unpaired) electrons. The lowest BCUT2D eigenvalue weighted by Gasteiger charge is -2.15. The molecule has 0 unspecified atom stereocenters. The number of aliphatic carboxylic acids is 1. The van der Waals surface area contributed by atoms with Crippen LogP contribution in [0.1, 0.15) is 28.7 Å². The maximum absolute atomic E-state index is 12.3. The minimum atomic E-state index is -1.00. The second-order valence-electron chi connectivity index (χ2n) is 5.05. The molecule has 2 aromatic rings. The molecule has 1 N–H and O–H groups in total. The molecule has 0 aliphatic carbocycles. The summed E-state index contributed by atoms with van der Waals surface area (Å²) < 4.78 is 3.05. The van der Waals surface area contributed by atoms with Crippen molar-refractivity contribution in [2.75, 3.05) is 7.05 Å². The fraction of sp³-hybridized carbons (Fsp3) is 0.429. The van der Waals surface area contributed by atoms with Crippen molar-refractivity contribution in [3.8, 4) is 0 Å². The molecule has 2 aromatic heterocycles. The van der Waals surface area contributed by atoms with Crippen molar-refractivity contribution >= 4 is 11.9 Å². The predicted octanol–water partition coefficient (Wildman–Crippen LogP) is 0.765. The van der Waals surface area contributed by atoms with E-state index in [0.717, 1.165) is 17.8 Å². The van der Waals surface area contributed by atoms with E-state index in [1.165, 1.54) is 21.8 Å². The van der Waals surface area contributed by atoms with Crippen LogP contribution in [0.4, 0.5) is 0 Å². The highest BCUT2D eigenvalue weighted by atomic mass is 16.4. The van der Waals surface area contributed by atoms with Crippen LogP contribution >= 0.6 is 0 Å². The molecule has 0 aliphatic rings. The molecule has 0 aliphatic heterocycles. The third-order valence-corrected chi connectivity index (χ3v) is 3.28. The van der Waals surface area contributed by atoms with Gasteiger partial charge in [-0.15, -0.1) is 0 Å². The fourth-order valence-corrected chi connectivity index (χ4v) is 2.10. The van der Waals surface area contributed by atoms with E-state index in [9.17, 15) is 9.59 Å². The second-order valence-corrected chi connectivity index (χ2v) is 5.05. The topological polar surface area (TPSA) is 93.2 Å². The zero-order chi connectivity index (χ0) is 16.3. The van der Waals surface area contributed by atoms with Crippen LogP contribution in [-0.2, 0) is 24.4 Å². The summed E-state index contributed by atoms with van der Waals surface area (Å²) >= 11 is 0. The number of nitrogens with zero attached hydrogens (tertiary/aromatic N) is 5. The normalized spacial score (nSPS) is 10.7. The van der Waals surface area contributed by atoms with E-state index in [0.29, 0.717) is 6.54 Å². The summed E-state index contributed by atoms with van der Waals surface area (Å²) in [5.74, 6) is -1.26. The minimum Gasteiger partial charge on any atom is -0.480 e. The smallest absolute Gasteiger partial charge is 0.325 e. The first kappa shape index (κ1) is 15.7. The van der Waals surface area contributed by atoms with Gasteiger partial charge in [0.25, 0.3) is 5.91 Å². The second kappa shape index (κ2) is 6.42. The Morgan fingerprint density at radius 3 is 2.64 bits per heavy atom. The van der Waals surface area contributed by atoms with Gasteiger partial charge in [-0.25, -0.2) is 0 Å². The fourth-order valence-electron chi connectivity index (χ4n) is 2.10. The molecule has 118 valence electrons. The first-order valence-corrected chi connectivity index (χ1v) is 6.94. The molecule has 0 saturated carbocycles. The van der Waals surface area contributed by atoms with Gasteiger partial charge in [0.2, 0.25) is 0 Å². The Balaban J connectivity index is 2.06. The van der Waals surface area contributed by atoms with Gasteiger partial charge in [0.15, 0.2) is 0 Å². The molecule has 22 heavy (non-hydrogen) atoms. The average Bonchev–Trinajstić information content (AvgIpc) is 3.05. The zero-order valence-electron chi connectivity index (χ0n) is 12.9. The van der Waals surface area contributed by atoms with E-state index in [2.05, 4.69) is 10.2 Å². The van der Waals surface area contributed by atoms with Crippen LogP contribution in [0.3, 0.4) is 0 Å². The van der Waals surface area contributed by atoms with Crippen LogP contribution < -0.4 is 0 Å². The molecular formula is C14H19N5O3. The summed E-state index contributed by atoms with van der Waals surface area (Å²) in [7, 11) is 1.68. The molecule has 0 aromatic carbocycles. The van der Waals surface area contributed by atoms with Gasteiger partial charge in [-0.2, -0.15) is 10.2 Å². The van der Waals surface area contributed by atoms with Gasteiger partial charge in [0.1, 0.15) is 12.2 Å². The highest BCUT2D eigenvalue weighted by molar-refractivity contribution is 5.92. The van der Waals surface area contributed by atoms with Crippen molar-refractivity contribution in [3.63, 3.8) is 0 Å². The van der Waals surface area contributed by atoms with Crippen molar-refractivity contribution < 1.29 is 14.7 Å². The van der Waals surface area contributed by atoms with E-state index in [-0.39, 0.29) is 18.1 Å². The molecule has 0 bridgehead atoms. The molecular weight excluding hydrogens is 286 g/mol. The summed E-state index contributed by atoms with van der Waals surface area (Å²) in [6.45, 7) is 4.84. The molecule has 8 nitrogen and oxygen atoms in total. The van der Waals surface area contributed by atoms with Gasteiger partial charge in [-0.3, -0.25) is 19.0 Å². The molecule has 2 rings (SSSR count). The lowest BCUT2D eigenvalue weighted by molar-refractivity contribution is -0.137. The van der Waals surface area contributed by atoms with E-state index in [1.807, 2.05) is 24.7 Å². The number of aromatic nitrogens is 4. The maximum Gasteiger partial charge on any atom is 0.325 e. The maximum atomic E-state index is 12.3. The number of aryl methyl sites for hydroxylation is 2. The quantitative estimate of drug-likeness (QED) is 0.850. The number of carbonyl (C=O) groups excluding carboxylic acids is 1. The van der Waals surface area contributed by atoms with Gasteiger partial charge >= 0.3 is 5.97 Å². The lowest BCUT2D eigenvalue weighted by Crippen LogP contribution is -2.27. The van der Waals surface area contributed by atoms with Crippen LogP contribution in [0.15, 0.2) is 18.5 Å². The Labute approximate surface area is 127 Å². The van der Waals surface area contributed by atoms with Gasteiger partial charge < -0.3 is 10.0 Å². The summed E-state index contributed by atoms with van der Waals surface area (Å²) in [5, 5.41) is 17.0. The van der Waals surface area contributed by atoms with Crippen molar-refractivity contribution in [2.24, 2.45) is 0 Å². The van der Waals surface area contributed by atoms with Crippen LogP contribution in [-0.4, -0.2) is 48.5 Å². The standard InChI is InChI=1S/C14H19N5O3/c1-4-18-8-11(10(2)15-18)7-17(3)14(22)12-5-6-19(16-12)9-13(20)21/h5-6,8H,4,7,9H2,1-3H3,(H,20,21). The van der Waals surface area contributed by atoms with Crippen molar-refractivity contribution in [1.82, 2.24) is 24.5 Å². The van der Waals surface area contributed by atoms with Crippen LogP contribution in [0.25, 0.3) is 0 Å². The third kappa shape index (κ3) is 3.51. The van der Waals surface area contributed by atoms with E-state index in [4.69, 9.17) is 5.11 Å². The number of amides is 1. The molecule has 0 fully saturated rings. The Morgan fingerprint density at radius 1 is 1.32 bits per heavy atom. The van der Waals surface area contributed by atoms with E-state index < -0.39 is 5.97 Å². The lowest BCUT2D eigenvalue weighted by atomic mass is 10.2. The number of hydrogen-bond donors (Lipinski definition) is 1. The molecule has 0 saturated heterocycles. The summed E-state index contributed by atoms with van der Waals surface area (Å²) in [6.07, 6.45) is 3.40. The van der Waals surface area contributed by atoms with Gasteiger partial charge in [0.05, 0.1) is 5.69 Å². The summed E-state index contributed by atoms with van der Waals surface area (Å²) in [6, 6.07) is 1.52. The first-order chi connectivity index (χ1) is 10.4. The average molecular weight is 305 g/mol. The van der Waals surface area contributed by atoms with Crippen molar-refractivity contribution in [2.45, 2.75) is 33.5 Å². The highest BCUT2D eigenvalue weighted by Crippen LogP contribution is 2.10. The molecule has 8 heteroatoms. The van der Waals surface area contributed by atoms with E-state index in [1.54, 1.807) is 7.05 Å². The molecule has 0 atom stereocenters. The summed E-state index contributed by atoms with van der Waals surface area (Å²) in [4.78, 5) is 24.5. The van der Waals surface area contributed by atoms with Crippen molar-refractivity contribution in [3.05, 3.63) is 35.4 Å². The van der Waals surface area contributed by atoms with Gasteiger partial charge in [-0.1, -0.05) is 0 Å². The number of hydrogen-bond acceptors (Lipinski definition) is 4. The largest absolute Gasteiger partial charge is 0.480 e. The third-order valence-electron chi connectivity index (χ3n) is 3.28. The minimum absolute atomic E-state index is 0.226. The Hall–Kier alpha value is -2.64. The van der Waals surface area contributed by atoms with Gasteiger partial charge in [0, 0.05) is 38.1 Å². The summed E-state index contributed by atoms with van der Waals surface area (Å²) in [5.41, 5.74) is 2.09. The van der Waals surface area contributed by atoms with Gasteiger partial charge in [-0.05, 0) is 19.9 Å². The van der Waals surface area contributed by atoms with E-state index >= 15 is 0 Å². The SMILES string of the molecule is CCn1cc(CN(C)C(=O)c2ccn(CC(=O)O)n2)c(C)n1. The number of carboxylic acids is 1. The Morgan fingerprint density at radius 2 is 2.05 bits per heavy atom. The number of carboxylic acid groups (broad SMARTS) is 1. The van der Waals surface area contributed by atoms with Crippen molar-refractivity contribution in [1.29, 1.82) is 0 Å². The van der Waals surface area contributed by atoms with Crippen LogP contribution in [0.5, 0.6) is 0 Å². The van der Waals surface area contributed by atoms with Crippen LogP contribution in [0.2, 0.25) is 0 Å². The zero-order valence-corrected chi connectivity index (χ0v) is 12.9. The molecule has 1 amide bonds. The molecule has 2 heterocycles. The predicted molar refractivity (Wildman–Crippen MR) is 78.3 cm³/mol. The monoisotopic (exact) mass is 305 g/mol. The Bertz CT molecular complexity index is 688. The molecule has 0 spiro atoms.